The van der Waals surface area contributed by atoms with Crippen LogP contribution in [0, 0.1) is 5.92 Å². The molecule has 1 aliphatic heterocycles. The number of aliphatic carboxylic acids is 1. The number of likely N-dealkylation sites (N-methyl/N-ethyl adjacent to an activating group) is 1. The third-order valence-electron chi connectivity index (χ3n) is 5.12. The molecule has 1 rings (SSSR count). The molecule has 1 fully saturated rings. The molecule has 1 heterocycles. The van der Waals surface area contributed by atoms with Crippen LogP contribution >= 0.6 is 0 Å². The molecule has 21 heavy (non-hydrogen) atoms. The molecule has 124 valence electrons. The molecular formula is C17H34N2O2. The number of nitrogens with zero attached hydrogens (tertiary/aromatic N) is 1. The van der Waals surface area contributed by atoms with E-state index in [1.54, 1.807) is 0 Å². The first-order valence-corrected chi connectivity index (χ1v) is 8.78. The van der Waals surface area contributed by atoms with Crippen LogP contribution < -0.4 is 5.32 Å². The van der Waals surface area contributed by atoms with Gasteiger partial charge in [-0.25, -0.2) is 0 Å². The summed E-state index contributed by atoms with van der Waals surface area (Å²) in [5, 5.41) is 12.7. The smallest absolute Gasteiger partial charge is 0.323 e. The van der Waals surface area contributed by atoms with E-state index in [9.17, 15) is 9.90 Å². The predicted molar refractivity (Wildman–Crippen MR) is 87.6 cm³/mol. The van der Waals surface area contributed by atoms with Crippen molar-refractivity contribution in [3.8, 4) is 0 Å². The summed E-state index contributed by atoms with van der Waals surface area (Å²) in [6.07, 6.45) is 7.59. The van der Waals surface area contributed by atoms with Crippen molar-refractivity contribution in [3.05, 3.63) is 0 Å². The number of rotatable bonds is 9. The largest absolute Gasteiger partial charge is 0.480 e. The van der Waals surface area contributed by atoms with Crippen molar-refractivity contribution in [3.63, 3.8) is 0 Å². The van der Waals surface area contributed by atoms with Crippen molar-refractivity contribution >= 4 is 5.97 Å². The van der Waals surface area contributed by atoms with Crippen molar-refractivity contribution in [1.82, 2.24) is 10.2 Å². The molecule has 4 nitrogen and oxygen atoms in total. The maximum atomic E-state index is 11.6. The Morgan fingerprint density at radius 2 is 2.05 bits per heavy atom. The van der Waals surface area contributed by atoms with E-state index in [4.69, 9.17) is 0 Å². The van der Waals surface area contributed by atoms with Crippen molar-refractivity contribution in [2.75, 3.05) is 26.2 Å². The zero-order valence-electron chi connectivity index (χ0n) is 14.2. The number of likely N-dealkylation sites (tertiary alicyclic amines) is 1. The Morgan fingerprint density at radius 3 is 2.62 bits per heavy atom. The first-order chi connectivity index (χ1) is 10.1. The van der Waals surface area contributed by atoms with E-state index in [0.29, 0.717) is 13.0 Å². The third kappa shape index (κ3) is 5.59. The van der Waals surface area contributed by atoms with Gasteiger partial charge in [0.05, 0.1) is 0 Å². The fourth-order valence-electron chi connectivity index (χ4n) is 3.52. The van der Waals surface area contributed by atoms with Gasteiger partial charge in [0, 0.05) is 0 Å². The normalized spacial score (nSPS) is 23.5. The maximum Gasteiger partial charge on any atom is 0.323 e. The SMILES string of the molecule is CCNC(CC)(CCCN1CCCC(CC)CC1)C(=O)O. The minimum Gasteiger partial charge on any atom is -0.480 e. The maximum absolute atomic E-state index is 11.6. The van der Waals surface area contributed by atoms with E-state index in [2.05, 4.69) is 17.1 Å². The predicted octanol–water partition coefficient (Wildman–Crippen LogP) is 3.12. The van der Waals surface area contributed by atoms with Gasteiger partial charge >= 0.3 is 5.97 Å². The number of nitrogens with one attached hydrogen (secondary N) is 1. The lowest BCUT2D eigenvalue weighted by Gasteiger charge is -2.30. The quantitative estimate of drug-likeness (QED) is 0.687. The van der Waals surface area contributed by atoms with Gasteiger partial charge in [-0.1, -0.05) is 27.2 Å². The van der Waals surface area contributed by atoms with Crippen LogP contribution in [0.3, 0.4) is 0 Å². The second-order valence-electron chi connectivity index (χ2n) is 6.42. The highest BCUT2D eigenvalue weighted by atomic mass is 16.4. The second-order valence-corrected chi connectivity index (χ2v) is 6.42. The number of carbonyl (C=O) groups is 1. The van der Waals surface area contributed by atoms with Crippen LogP contribution in [0.2, 0.25) is 0 Å². The fraction of sp³-hybridized carbons (Fsp3) is 0.941. The Hall–Kier alpha value is -0.610. The summed E-state index contributed by atoms with van der Waals surface area (Å²) in [5.74, 6) is 0.194. The van der Waals surface area contributed by atoms with Gasteiger partial charge in [0.25, 0.3) is 0 Å². The highest BCUT2D eigenvalue weighted by Crippen LogP contribution is 2.22. The fourth-order valence-corrected chi connectivity index (χ4v) is 3.52. The van der Waals surface area contributed by atoms with Gasteiger partial charge in [0.1, 0.15) is 5.54 Å². The molecule has 2 N–H and O–H groups in total. The van der Waals surface area contributed by atoms with E-state index in [0.717, 1.165) is 25.3 Å². The van der Waals surface area contributed by atoms with Crippen LogP contribution in [0.4, 0.5) is 0 Å². The van der Waals surface area contributed by atoms with Gasteiger partial charge in [-0.3, -0.25) is 4.79 Å². The van der Waals surface area contributed by atoms with Gasteiger partial charge in [-0.15, -0.1) is 0 Å². The number of hydrogen-bond acceptors (Lipinski definition) is 3. The zero-order chi connectivity index (χ0) is 15.7. The minimum atomic E-state index is -0.730. The van der Waals surface area contributed by atoms with Gasteiger partial charge in [-0.2, -0.15) is 0 Å². The van der Waals surface area contributed by atoms with E-state index < -0.39 is 11.5 Å². The molecule has 0 amide bonds. The van der Waals surface area contributed by atoms with Gasteiger partial charge < -0.3 is 15.3 Å². The summed E-state index contributed by atoms with van der Waals surface area (Å²) < 4.78 is 0. The molecule has 1 saturated heterocycles. The monoisotopic (exact) mass is 298 g/mol. The average Bonchev–Trinajstić information content (AvgIpc) is 2.71. The lowest BCUT2D eigenvalue weighted by Crippen LogP contribution is -2.52. The molecule has 0 spiro atoms. The molecule has 4 heteroatoms. The summed E-state index contributed by atoms with van der Waals surface area (Å²) in [6.45, 7) is 10.4. The minimum absolute atomic E-state index is 0.647. The lowest BCUT2D eigenvalue weighted by molar-refractivity contribution is -0.145. The van der Waals surface area contributed by atoms with Crippen LogP contribution in [0.1, 0.15) is 65.7 Å². The van der Waals surface area contributed by atoms with Crippen molar-refractivity contribution in [1.29, 1.82) is 0 Å². The van der Waals surface area contributed by atoms with Gasteiger partial charge in [0.2, 0.25) is 0 Å². The Bertz CT molecular complexity index is 309. The van der Waals surface area contributed by atoms with Crippen LogP contribution in [-0.4, -0.2) is 47.7 Å². The highest BCUT2D eigenvalue weighted by molar-refractivity contribution is 5.78. The third-order valence-corrected chi connectivity index (χ3v) is 5.12. The summed E-state index contributed by atoms with van der Waals surface area (Å²) in [5.41, 5.74) is -0.730. The zero-order valence-corrected chi connectivity index (χ0v) is 14.2. The topological polar surface area (TPSA) is 52.6 Å². The summed E-state index contributed by atoms with van der Waals surface area (Å²) in [6, 6.07) is 0. The highest BCUT2D eigenvalue weighted by Gasteiger charge is 2.35. The molecule has 1 aliphatic rings. The molecule has 0 aromatic carbocycles. The Kier molecular flexibility index (Phi) is 8.27. The van der Waals surface area contributed by atoms with Crippen molar-refractivity contribution < 1.29 is 9.90 Å². The molecule has 0 aliphatic carbocycles. The summed E-state index contributed by atoms with van der Waals surface area (Å²) in [7, 11) is 0. The van der Waals surface area contributed by atoms with Crippen LogP contribution in [0.5, 0.6) is 0 Å². The average molecular weight is 298 g/mol. The summed E-state index contributed by atoms with van der Waals surface area (Å²) in [4.78, 5) is 14.1. The number of carboxylic acids is 1. The van der Waals surface area contributed by atoms with E-state index >= 15 is 0 Å². The molecule has 0 saturated carbocycles. The Balaban J connectivity index is 2.41. The van der Waals surface area contributed by atoms with E-state index in [-0.39, 0.29) is 0 Å². The number of carboxylic acid groups (broad SMARTS) is 1. The van der Waals surface area contributed by atoms with E-state index in [1.165, 1.54) is 38.8 Å². The first kappa shape index (κ1) is 18.4. The summed E-state index contributed by atoms with van der Waals surface area (Å²) >= 11 is 0. The van der Waals surface area contributed by atoms with Crippen LogP contribution in [0.15, 0.2) is 0 Å². The Morgan fingerprint density at radius 1 is 1.29 bits per heavy atom. The molecule has 0 bridgehead atoms. The molecular weight excluding hydrogens is 264 g/mol. The molecule has 0 aromatic heterocycles. The molecule has 2 unspecified atom stereocenters. The first-order valence-electron chi connectivity index (χ1n) is 8.78. The molecule has 2 atom stereocenters. The van der Waals surface area contributed by atoms with Crippen LogP contribution in [-0.2, 0) is 4.79 Å². The van der Waals surface area contributed by atoms with Gasteiger partial charge in [0.15, 0.2) is 0 Å². The van der Waals surface area contributed by atoms with E-state index in [1.807, 2.05) is 13.8 Å². The Labute approximate surface area is 130 Å². The standard InChI is InChI=1S/C17H34N2O2/c1-4-15-9-7-12-19(14-10-15)13-8-11-17(5-2,16(20)21)18-6-3/h15,18H,4-14H2,1-3H3,(H,20,21). The number of hydrogen-bond donors (Lipinski definition) is 2. The van der Waals surface area contributed by atoms with Crippen LogP contribution in [0.25, 0.3) is 0 Å². The van der Waals surface area contributed by atoms with Crippen molar-refractivity contribution in [2.24, 2.45) is 5.92 Å². The molecule has 0 radical (unpaired) electrons. The lowest BCUT2D eigenvalue weighted by atomic mass is 9.90. The van der Waals surface area contributed by atoms with Crippen molar-refractivity contribution in [2.45, 2.75) is 71.3 Å². The van der Waals surface area contributed by atoms with Gasteiger partial charge in [-0.05, 0) is 70.6 Å². The second kappa shape index (κ2) is 9.42. The molecule has 0 aromatic rings.